The van der Waals surface area contributed by atoms with Crippen molar-refractivity contribution in [1.29, 1.82) is 0 Å². The summed E-state index contributed by atoms with van der Waals surface area (Å²) in [5.41, 5.74) is 0.472. The summed E-state index contributed by atoms with van der Waals surface area (Å²) in [7, 11) is 1.27. The summed E-state index contributed by atoms with van der Waals surface area (Å²) < 4.78 is 56.8. The molecule has 4 heterocycles. The molecule has 76 heavy (non-hydrogen) atoms. The van der Waals surface area contributed by atoms with Crippen molar-refractivity contribution in [2.75, 3.05) is 26.9 Å². The lowest BCUT2D eigenvalue weighted by Crippen LogP contribution is -2.64. The number of aromatic hydroxyl groups is 6. The highest BCUT2D eigenvalue weighted by atomic mass is 16.8. The van der Waals surface area contributed by atoms with Gasteiger partial charge in [-0.3, -0.25) is 0 Å². The van der Waals surface area contributed by atoms with Gasteiger partial charge in [0.05, 0.1) is 30.9 Å². The fourth-order valence-electron chi connectivity index (χ4n) is 8.46. The van der Waals surface area contributed by atoms with Crippen LogP contribution < -0.4 is 9.47 Å². The van der Waals surface area contributed by atoms with Gasteiger partial charge in [0, 0.05) is 18.2 Å². The van der Waals surface area contributed by atoms with Gasteiger partial charge in [0.25, 0.3) is 11.9 Å². The number of aliphatic hydroxyl groups excluding tert-OH is 9. The van der Waals surface area contributed by atoms with E-state index in [2.05, 4.69) is 0 Å². The van der Waals surface area contributed by atoms with Crippen molar-refractivity contribution in [3.63, 3.8) is 0 Å². The van der Waals surface area contributed by atoms with Gasteiger partial charge in [0.15, 0.2) is 41.2 Å². The number of methoxy groups -OCH3 is 1. The van der Waals surface area contributed by atoms with Crippen molar-refractivity contribution < 1.29 is 128 Å². The molecule has 4 aromatic carbocycles. The quantitative estimate of drug-likeness (QED) is 0.0263. The minimum atomic E-state index is -2.13. The molecular weight excluding hydrogens is 1020 g/mol. The molecule has 0 radical (unpaired) electrons. The molecular formula is C50H55O26+. The van der Waals surface area contributed by atoms with Crippen LogP contribution in [0.3, 0.4) is 0 Å². The number of carbonyl (C=O) groups excluding carboxylic acids is 2. The van der Waals surface area contributed by atoms with Crippen molar-refractivity contribution >= 4 is 24.1 Å². The normalized spacial score (nSPS) is 31.3. The lowest BCUT2D eigenvalue weighted by atomic mass is 9.97. The Morgan fingerprint density at radius 2 is 1.24 bits per heavy atom. The van der Waals surface area contributed by atoms with Crippen LogP contribution in [-0.4, -0.2) is 207 Å². The lowest BCUT2D eigenvalue weighted by Gasteiger charge is -2.46. The molecule has 4 aliphatic heterocycles. The Kier molecular flexibility index (Phi) is 17.1. The molecule has 0 spiro atoms. The summed E-state index contributed by atoms with van der Waals surface area (Å²) in [5, 5.41) is 149. The van der Waals surface area contributed by atoms with Crippen LogP contribution in [-0.2, 0) is 38.0 Å². The van der Waals surface area contributed by atoms with Gasteiger partial charge in [-0.1, -0.05) is 6.07 Å². The SMILES string of the molecule is COc1cc(C2[OH+]c3cc(O)cc(OC4OC(CO)C(O)C(O)C4O)c3C=C2OC2OC(COC(=O)C=Cc3ccc(O)c(O)c3)C(O)C(O)C2OC2OC(COC(=O)c3ccc(O)cc3)C(O)C(O)C2O)ccc1O. The Hall–Kier alpha value is -7.02. The van der Waals surface area contributed by atoms with E-state index in [1.54, 1.807) is 0 Å². The van der Waals surface area contributed by atoms with E-state index in [1.807, 2.05) is 0 Å². The van der Waals surface area contributed by atoms with E-state index in [4.69, 9.17) is 47.4 Å². The number of phenols is 5. The minimum Gasteiger partial charge on any atom is -0.571 e. The van der Waals surface area contributed by atoms with Gasteiger partial charge in [0.1, 0.15) is 103 Å². The van der Waals surface area contributed by atoms with Gasteiger partial charge < -0.3 is 119 Å². The summed E-state index contributed by atoms with van der Waals surface area (Å²) in [4.78, 5) is 25.8. The van der Waals surface area contributed by atoms with Crippen molar-refractivity contribution in [3.05, 3.63) is 107 Å². The largest absolute Gasteiger partial charge is 0.571 e. The summed E-state index contributed by atoms with van der Waals surface area (Å²) >= 11 is 0. The van der Waals surface area contributed by atoms with Crippen LogP contribution in [0.2, 0.25) is 0 Å². The second kappa shape index (κ2) is 23.5. The van der Waals surface area contributed by atoms with Crippen molar-refractivity contribution in [1.82, 2.24) is 0 Å². The predicted octanol–water partition coefficient (Wildman–Crippen LogP) is -1.49. The number of benzene rings is 4. The predicted molar refractivity (Wildman–Crippen MR) is 251 cm³/mol. The van der Waals surface area contributed by atoms with Crippen LogP contribution in [0.1, 0.15) is 33.2 Å². The third-order valence-electron chi connectivity index (χ3n) is 12.7. The van der Waals surface area contributed by atoms with E-state index in [0.717, 1.165) is 18.2 Å². The Balaban J connectivity index is 1.14. The van der Waals surface area contributed by atoms with Crippen molar-refractivity contribution in [2.45, 2.75) is 98.2 Å². The molecule has 0 bridgehead atoms. The van der Waals surface area contributed by atoms with Crippen LogP contribution in [0.5, 0.6) is 46.0 Å². The first-order valence-electron chi connectivity index (χ1n) is 23.2. The van der Waals surface area contributed by atoms with Crippen LogP contribution in [0.15, 0.2) is 84.6 Å². The molecule has 0 aliphatic carbocycles. The Labute approximate surface area is 429 Å². The molecule has 4 aliphatic rings. The monoisotopic (exact) mass is 1070 g/mol. The van der Waals surface area contributed by atoms with Crippen LogP contribution >= 0.6 is 0 Å². The molecule has 0 saturated carbocycles. The maximum absolute atomic E-state index is 13.0. The number of hydrogen-bond acceptors (Lipinski definition) is 25. The number of ether oxygens (including phenoxy) is 10. The molecule has 26 heteroatoms. The highest BCUT2D eigenvalue weighted by molar-refractivity contribution is 5.89. The summed E-state index contributed by atoms with van der Waals surface area (Å²) in [5.74, 6) is -4.30. The average Bonchev–Trinajstić information content (AvgIpc) is 3.42. The smallest absolute Gasteiger partial charge is 0.338 e. The summed E-state index contributed by atoms with van der Waals surface area (Å²) in [6, 6.07) is 15.0. The van der Waals surface area contributed by atoms with Crippen LogP contribution in [0, 0.1) is 0 Å². The lowest BCUT2D eigenvalue weighted by molar-refractivity contribution is -0.364. The zero-order valence-corrected chi connectivity index (χ0v) is 39.7. The van der Waals surface area contributed by atoms with Crippen molar-refractivity contribution in [2.24, 2.45) is 0 Å². The number of phenolic OH excluding ortho intramolecular Hbond substituents is 5. The molecule has 3 fully saturated rings. The number of aliphatic hydroxyl groups is 10. The molecule has 26 nitrogen and oxygen atoms in total. The van der Waals surface area contributed by atoms with E-state index >= 15 is 0 Å². The number of hydrogen-bond donors (Lipinski definition) is 14. The highest BCUT2D eigenvalue weighted by Gasteiger charge is 2.53. The number of esters is 2. The van der Waals surface area contributed by atoms with Gasteiger partial charge in [-0.25, -0.2) is 9.59 Å². The molecule has 8 rings (SSSR count). The first-order valence-corrected chi connectivity index (χ1v) is 23.2. The molecule has 4 aromatic rings. The third kappa shape index (κ3) is 12.0. The second-order valence-electron chi connectivity index (χ2n) is 17.8. The van der Waals surface area contributed by atoms with E-state index in [-0.39, 0.29) is 56.8 Å². The molecule has 16 atom stereocenters. The summed E-state index contributed by atoms with van der Waals surface area (Å²) in [6.45, 7) is -2.35. The fraction of sp³-hybridized carbons (Fsp3) is 0.400. The van der Waals surface area contributed by atoms with Gasteiger partial charge in [-0.05, 0) is 66.2 Å². The zero-order chi connectivity index (χ0) is 54.7. The fourth-order valence-corrected chi connectivity index (χ4v) is 8.46. The molecule has 3 saturated heterocycles. The number of carbonyl (C=O) groups is 2. The van der Waals surface area contributed by atoms with E-state index < -0.39 is 147 Å². The zero-order valence-electron chi connectivity index (χ0n) is 39.7. The Morgan fingerprint density at radius 3 is 1.92 bits per heavy atom. The van der Waals surface area contributed by atoms with Crippen molar-refractivity contribution in [3.8, 4) is 46.0 Å². The number of rotatable bonds is 16. The first kappa shape index (κ1) is 55.2. The van der Waals surface area contributed by atoms with Gasteiger partial charge in [0.2, 0.25) is 12.6 Å². The van der Waals surface area contributed by atoms with E-state index in [9.17, 15) is 81.1 Å². The average molecular weight is 1070 g/mol. The maximum Gasteiger partial charge on any atom is 0.338 e. The second-order valence-corrected chi connectivity index (χ2v) is 17.8. The summed E-state index contributed by atoms with van der Waals surface area (Å²) in [6.07, 6.45) is -26.1. The van der Waals surface area contributed by atoms with Crippen LogP contribution in [0.4, 0.5) is 0 Å². The molecule has 410 valence electrons. The Bertz CT molecular complexity index is 2750. The van der Waals surface area contributed by atoms with E-state index in [1.165, 1.54) is 79.9 Å². The van der Waals surface area contributed by atoms with Gasteiger partial charge in [-0.15, -0.1) is 0 Å². The molecule has 0 amide bonds. The first-order chi connectivity index (χ1) is 36.2. The number of fused-ring (bicyclic) bond motifs is 1. The third-order valence-corrected chi connectivity index (χ3v) is 12.7. The Morgan fingerprint density at radius 1 is 0.605 bits per heavy atom. The molecule has 0 aromatic heterocycles. The standard InChI is InChI=1S/C50H54O26/c1-67-31-13-22(6-10-27(31)55)45-32(16-25-29(70-45)14-24(53)15-30(25)71-48-43(64)40(61)37(58)33(17-51)73-48)72-50-46(42(63)39(60)34(75-50)18-68-36(57)11-3-20-2-9-26(54)28(56)12-20)76-49-44(65)41(62)38(59)35(74-49)19-69-47(66)21-4-7-23(52)8-5-21/h2-16,33-35,37-46,48-56,58-65H,17-19H2,1H3/p+1. The maximum atomic E-state index is 13.0. The highest BCUT2D eigenvalue weighted by Crippen LogP contribution is 2.48. The van der Waals surface area contributed by atoms with Gasteiger partial charge >= 0.3 is 11.9 Å². The van der Waals surface area contributed by atoms with Crippen LogP contribution in [0.25, 0.3) is 12.2 Å². The minimum absolute atomic E-state index is 0.0124. The topological polar surface area (TPSA) is 413 Å². The van der Waals surface area contributed by atoms with E-state index in [0.29, 0.717) is 0 Å². The molecule has 16 unspecified atom stereocenters. The molecule has 15 N–H and O–H groups in total. The van der Waals surface area contributed by atoms with Gasteiger partial charge in [-0.2, -0.15) is 0 Å².